The number of ether oxygens (including phenoxy) is 2. The first-order valence-corrected chi connectivity index (χ1v) is 4.52. The zero-order valence-electron chi connectivity index (χ0n) is 6.39. The van der Waals surface area contributed by atoms with Gasteiger partial charge in [0.2, 0.25) is 0 Å². The van der Waals surface area contributed by atoms with E-state index in [1.807, 2.05) is 13.8 Å². The number of alkyl halides is 1. The minimum absolute atomic E-state index is 0.347. The third-order valence-electron chi connectivity index (χ3n) is 1.76. The molecule has 2 nitrogen and oxygen atoms in total. The van der Waals surface area contributed by atoms with Crippen molar-refractivity contribution in [2.75, 3.05) is 13.2 Å². The van der Waals surface area contributed by atoms with Gasteiger partial charge in [-0.15, -0.1) is 0 Å². The molecule has 0 amide bonds. The summed E-state index contributed by atoms with van der Waals surface area (Å²) in [6.45, 7) is 5.46. The molecule has 0 saturated carbocycles. The Kier molecular flexibility index (Phi) is 2.72. The first kappa shape index (κ1) is 8.50. The fraction of sp³-hybridized carbons (Fsp3) is 1.00. The molecule has 0 bridgehead atoms. The fourth-order valence-corrected chi connectivity index (χ4v) is 1.59. The molecule has 0 unspecified atom stereocenters. The van der Waals surface area contributed by atoms with Gasteiger partial charge in [-0.1, -0.05) is 15.9 Å². The molecule has 0 aliphatic carbocycles. The molecule has 1 heterocycles. The van der Waals surface area contributed by atoms with E-state index in [1.54, 1.807) is 0 Å². The summed E-state index contributed by atoms with van der Waals surface area (Å²) in [5, 5.41) is 0. The Morgan fingerprint density at radius 2 is 2.50 bits per heavy atom. The number of hydrogen-bond donors (Lipinski definition) is 0. The third kappa shape index (κ3) is 1.52. The summed E-state index contributed by atoms with van der Waals surface area (Å²) in [6.07, 6.45) is 1.04. The minimum Gasteiger partial charge on any atom is -0.349 e. The lowest BCUT2D eigenvalue weighted by Gasteiger charge is -2.26. The summed E-state index contributed by atoms with van der Waals surface area (Å²) in [6, 6.07) is 0. The SMILES string of the molecule is CCO[C@@]1(C)OCC[C@@H]1Br. The van der Waals surface area contributed by atoms with Crippen molar-refractivity contribution < 1.29 is 9.47 Å². The van der Waals surface area contributed by atoms with Crippen LogP contribution in [0, 0.1) is 0 Å². The first-order valence-electron chi connectivity index (χ1n) is 3.61. The average Bonchev–Trinajstić information content (AvgIpc) is 2.15. The maximum Gasteiger partial charge on any atom is 0.177 e. The van der Waals surface area contributed by atoms with Gasteiger partial charge in [0.05, 0.1) is 11.4 Å². The molecule has 10 heavy (non-hydrogen) atoms. The van der Waals surface area contributed by atoms with E-state index in [2.05, 4.69) is 15.9 Å². The van der Waals surface area contributed by atoms with E-state index in [0.29, 0.717) is 11.4 Å². The van der Waals surface area contributed by atoms with Gasteiger partial charge in [-0.3, -0.25) is 0 Å². The first-order chi connectivity index (χ1) is 4.69. The van der Waals surface area contributed by atoms with Crippen LogP contribution in [-0.4, -0.2) is 23.8 Å². The van der Waals surface area contributed by atoms with E-state index < -0.39 is 0 Å². The Balaban J connectivity index is 2.48. The van der Waals surface area contributed by atoms with Crippen molar-refractivity contribution in [1.29, 1.82) is 0 Å². The van der Waals surface area contributed by atoms with Crippen LogP contribution in [0.5, 0.6) is 0 Å². The lowest BCUT2D eigenvalue weighted by Crippen LogP contribution is -2.35. The highest BCUT2D eigenvalue weighted by Gasteiger charge is 2.39. The monoisotopic (exact) mass is 208 g/mol. The highest BCUT2D eigenvalue weighted by molar-refractivity contribution is 9.09. The number of hydrogen-bond acceptors (Lipinski definition) is 2. The van der Waals surface area contributed by atoms with Crippen LogP contribution in [0.1, 0.15) is 20.3 Å². The maximum atomic E-state index is 5.43. The Hall–Kier alpha value is 0.400. The van der Waals surface area contributed by atoms with Crippen molar-refractivity contribution in [3.8, 4) is 0 Å². The van der Waals surface area contributed by atoms with Gasteiger partial charge in [0.25, 0.3) is 0 Å². The fourth-order valence-electron chi connectivity index (χ4n) is 1.14. The van der Waals surface area contributed by atoms with Gasteiger partial charge in [-0.05, 0) is 20.3 Å². The third-order valence-corrected chi connectivity index (χ3v) is 3.05. The standard InChI is InChI=1S/C7H13BrO2/c1-3-9-7(2)6(8)4-5-10-7/h6H,3-5H2,1-2H3/t6-,7-/m0/s1. The summed E-state index contributed by atoms with van der Waals surface area (Å²) in [4.78, 5) is 0.347. The molecule has 3 heteroatoms. The van der Waals surface area contributed by atoms with Crippen LogP contribution in [-0.2, 0) is 9.47 Å². The van der Waals surface area contributed by atoms with Crippen molar-refractivity contribution in [2.24, 2.45) is 0 Å². The molecule has 0 aromatic carbocycles. The van der Waals surface area contributed by atoms with Crippen LogP contribution >= 0.6 is 15.9 Å². The summed E-state index contributed by atoms with van der Waals surface area (Å²) in [5.74, 6) is -0.380. The predicted octanol–water partition coefficient (Wildman–Crippen LogP) is 1.92. The Morgan fingerprint density at radius 1 is 1.80 bits per heavy atom. The number of halogens is 1. The molecule has 60 valence electrons. The zero-order valence-corrected chi connectivity index (χ0v) is 7.98. The van der Waals surface area contributed by atoms with Crippen LogP contribution < -0.4 is 0 Å². The van der Waals surface area contributed by atoms with E-state index >= 15 is 0 Å². The van der Waals surface area contributed by atoms with E-state index in [-0.39, 0.29) is 5.79 Å². The molecule has 1 saturated heterocycles. The van der Waals surface area contributed by atoms with Crippen LogP contribution in [0.4, 0.5) is 0 Å². The van der Waals surface area contributed by atoms with Crippen LogP contribution in [0.3, 0.4) is 0 Å². The quantitative estimate of drug-likeness (QED) is 0.647. The molecule has 1 aliphatic heterocycles. The number of rotatable bonds is 2. The van der Waals surface area contributed by atoms with Gasteiger partial charge >= 0.3 is 0 Å². The van der Waals surface area contributed by atoms with Gasteiger partial charge in [-0.2, -0.15) is 0 Å². The molecule has 1 rings (SSSR count). The molecule has 0 aromatic heterocycles. The molecule has 1 fully saturated rings. The topological polar surface area (TPSA) is 18.5 Å². The molecule has 0 radical (unpaired) electrons. The second kappa shape index (κ2) is 3.20. The van der Waals surface area contributed by atoms with E-state index in [9.17, 15) is 0 Å². The zero-order chi connectivity index (χ0) is 7.61. The van der Waals surface area contributed by atoms with Crippen LogP contribution in [0.2, 0.25) is 0 Å². The second-order valence-electron chi connectivity index (χ2n) is 2.55. The smallest absolute Gasteiger partial charge is 0.177 e. The Labute approximate surface area is 70.0 Å². The van der Waals surface area contributed by atoms with Crippen molar-refractivity contribution in [2.45, 2.75) is 30.9 Å². The molecule has 0 spiro atoms. The van der Waals surface area contributed by atoms with Crippen molar-refractivity contribution in [1.82, 2.24) is 0 Å². The summed E-state index contributed by atoms with van der Waals surface area (Å²) >= 11 is 3.51. The molecule has 0 N–H and O–H groups in total. The van der Waals surface area contributed by atoms with Crippen molar-refractivity contribution in [3.63, 3.8) is 0 Å². The highest BCUT2D eigenvalue weighted by atomic mass is 79.9. The van der Waals surface area contributed by atoms with Gasteiger partial charge in [0.15, 0.2) is 5.79 Å². The normalized spacial score (nSPS) is 40.5. The van der Waals surface area contributed by atoms with Gasteiger partial charge in [0, 0.05) is 6.61 Å². The van der Waals surface area contributed by atoms with E-state index in [4.69, 9.17) is 9.47 Å². The van der Waals surface area contributed by atoms with Crippen molar-refractivity contribution >= 4 is 15.9 Å². The van der Waals surface area contributed by atoms with Crippen LogP contribution in [0.15, 0.2) is 0 Å². The lowest BCUT2D eigenvalue weighted by atomic mass is 10.2. The molecule has 0 aromatic rings. The Bertz CT molecular complexity index is 118. The minimum atomic E-state index is -0.380. The summed E-state index contributed by atoms with van der Waals surface area (Å²) in [5.41, 5.74) is 0. The van der Waals surface area contributed by atoms with E-state index in [0.717, 1.165) is 13.0 Å². The highest BCUT2D eigenvalue weighted by Crippen LogP contribution is 2.32. The van der Waals surface area contributed by atoms with Crippen LogP contribution in [0.25, 0.3) is 0 Å². The molecule has 2 atom stereocenters. The largest absolute Gasteiger partial charge is 0.349 e. The maximum absolute atomic E-state index is 5.43. The van der Waals surface area contributed by atoms with Gasteiger partial charge < -0.3 is 9.47 Å². The molecular weight excluding hydrogens is 196 g/mol. The van der Waals surface area contributed by atoms with Crippen molar-refractivity contribution in [3.05, 3.63) is 0 Å². The van der Waals surface area contributed by atoms with Gasteiger partial charge in [0.1, 0.15) is 0 Å². The molecular formula is C7H13BrO2. The lowest BCUT2D eigenvalue weighted by molar-refractivity contribution is -0.190. The second-order valence-corrected chi connectivity index (χ2v) is 3.66. The van der Waals surface area contributed by atoms with Gasteiger partial charge in [-0.25, -0.2) is 0 Å². The molecule has 1 aliphatic rings. The predicted molar refractivity (Wildman–Crippen MR) is 43.3 cm³/mol. The van der Waals surface area contributed by atoms with E-state index in [1.165, 1.54) is 0 Å². The summed E-state index contributed by atoms with van der Waals surface area (Å²) < 4.78 is 10.9. The average molecular weight is 209 g/mol. The Morgan fingerprint density at radius 3 is 2.90 bits per heavy atom. The summed E-state index contributed by atoms with van der Waals surface area (Å²) in [7, 11) is 0.